The van der Waals surface area contributed by atoms with Crippen molar-refractivity contribution in [2.45, 2.75) is 6.54 Å². The third-order valence-corrected chi connectivity index (χ3v) is 2.07. The summed E-state index contributed by atoms with van der Waals surface area (Å²) in [6.07, 6.45) is 5.30. The Labute approximate surface area is 73.0 Å². The predicted octanol–water partition coefficient (Wildman–Crippen LogP) is 0.365. The predicted molar refractivity (Wildman–Crippen MR) is 45.7 cm³/mol. The smallest absolute Gasteiger partial charge is 0.132 e. The topological polar surface area (TPSA) is 69.6 Å². The molecule has 0 spiro atoms. The molecular formula is C6H7N5S. The maximum Gasteiger partial charge on any atom is 0.132 e. The van der Waals surface area contributed by atoms with Gasteiger partial charge < -0.3 is 10.3 Å². The Bertz CT molecular complexity index is 352. The summed E-state index contributed by atoms with van der Waals surface area (Å²) < 4.78 is 5.63. The maximum absolute atomic E-state index is 5.62. The standard InChI is InChI=1S/C6H7N5S/c7-6-5(9-10-12-6)3-11-2-1-8-4-11/h1-2,4H,3,7H2. The van der Waals surface area contributed by atoms with E-state index in [1.54, 1.807) is 12.5 Å². The van der Waals surface area contributed by atoms with Crippen LogP contribution >= 0.6 is 11.5 Å². The first-order valence-corrected chi connectivity index (χ1v) is 4.16. The molecule has 0 bridgehead atoms. The summed E-state index contributed by atoms with van der Waals surface area (Å²) in [4.78, 5) is 3.91. The van der Waals surface area contributed by atoms with Crippen LogP contribution in [0.15, 0.2) is 18.7 Å². The van der Waals surface area contributed by atoms with Gasteiger partial charge in [-0.2, -0.15) is 0 Å². The highest BCUT2D eigenvalue weighted by Gasteiger charge is 2.03. The minimum Gasteiger partial charge on any atom is -0.388 e. The molecule has 2 heterocycles. The number of rotatable bonds is 2. The van der Waals surface area contributed by atoms with Gasteiger partial charge in [-0.3, -0.25) is 0 Å². The molecule has 5 nitrogen and oxygen atoms in total. The van der Waals surface area contributed by atoms with Gasteiger partial charge in [0, 0.05) is 23.9 Å². The van der Waals surface area contributed by atoms with Gasteiger partial charge in [-0.05, 0) is 0 Å². The molecule has 0 saturated heterocycles. The Kier molecular flexibility index (Phi) is 1.75. The lowest BCUT2D eigenvalue weighted by molar-refractivity contribution is 0.769. The van der Waals surface area contributed by atoms with E-state index in [0.29, 0.717) is 11.5 Å². The number of anilines is 1. The van der Waals surface area contributed by atoms with Crippen LogP contribution in [0.5, 0.6) is 0 Å². The van der Waals surface area contributed by atoms with Gasteiger partial charge in [-0.25, -0.2) is 4.98 Å². The van der Waals surface area contributed by atoms with Crippen LogP contribution in [0.4, 0.5) is 5.00 Å². The fraction of sp³-hybridized carbons (Fsp3) is 0.167. The number of aromatic nitrogens is 4. The largest absolute Gasteiger partial charge is 0.388 e. The Morgan fingerprint density at radius 3 is 3.08 bits per heavy atom. The number of hydrogen-bond donors (Lipinski definition) is 1. The lowest BCUT2D eigenvalue weighted by atomic mass is 10.4. The van der Waals surface area contributed by atoms with Gasteiger partial charge in [-0.1, -0.05) is 4.49 Å². The molecule has 12 heavy (non-hydrogen) atoms. The van der Waals surface area contributed by atoms with E-state index >= 15 is 0 Å². The minimum absolute atomic E-state index is 0.641. The van der Waals surface area contributed by atoms with Crippen molar-refractivity contribution in [3.05, 3.63) is 24.4 Å². The minimum atomic E-state index is 0.641. The van der Waals surface area contributed by atoms with Gasteiger partial charge in [0.15, 0.2) is 0 Å². The summed E-state index contributed by atoms with van der Waals surface area (Å²) in [7, 11) is 0. The van der Waals surface area contributed by atoms with Crippen molar-refractivity contribution >= 4 is 16.5 Å². The SMILES string of the molecule is Nc1snnc1Cn1ccnc1. The van der Waals surface area contributed by atoms with E-state index in [1.807, 2.05) is 10.8 Å². The molecule has 2 N–H and O–H groups in total. The van der Waals surface area contributed by atoms with Crippen LogP contribution in [-0.2, 0) is 6.54 Å². The van der Waals surface area contributed by atoms with Gasteiger partial charge in [0.05, 0.1) is 12.9 Å². The van der Waals surface area contributed by atoms with Gasteiger partial charge in [0.1, 0.15) is 10.7 Å². The van der Waals surface area contributed by atoms with Crippen molar-refractivity contribution in [2.24, 2.45) is 0 Å². The highest BCUT2D eigenvalue weighted by molar-refractivity contribution is 7.09. The third-order valence-electron chi connectivity index (χ3n) is 1.48. The van der Waals surface area contributed by atoms with E-state index in [0.717, 1.165) is 5.69 Å². The highest BCUT2D eigenvalue weighted by Crippen LogP contribution is 2.12. The van der Waals surface area contributed by atoms with Gasteiger partial charge >= 0.3 is 0 Å². The maximum atomic E-state index is 5.62. The van der Waals surface area contributed by atoms with Crippen LogP contribution in [0, 0.1) is 0 Å². The van der Waals surface area contributed by atoms with Crippen molar-refractivity contribution in [2.75, 3.05) is 5.73 Å². The fourth-order valence-corrected chi connectivity index (χ4v) is 1.32. The van der Waals surface area contributed by atoms with Crippen molar-refractivity contribution in [3.8, 4) is 0 Å². The number of nitrogen functional groups attached to an aromatic ring is 1. The molecule has 6 heteroatoms. The van der Waals surface area contributed by atoms with Crippen LogP contribution < -0.4 is 5.73 Å². The molecule has 0 atom stereocenters. The molecule has 2 aromatic heterocycles. The molecule has 0 radical (unpaired) electrons. The summed E-state index contributed by atoms with van der Waals surface area (Å²) in [6.45, 7) is 0.641. The molecule has 0 aliphatic heterocycles. The normalized spacial score (nSPS) is 10.3. The summed E-state index contributed by atoms with van der Waals surface area (Å²) in [5.74, 6) is 0. The van der Waals surface area contributed by atoms with Crippen molar-refractivity contribution in [1.82, 2.24) is 19.1 Å². The quantitative estimate of drug-likeness (QED) is 0.726. The van der Waals surface area contributed by atoms with E-state index in [1.165, 1.54) is 11.5 Å². The van der Waals surface area contributed by atoms with Crippen LogP contribution in [0.2, 0.25) is 0 Å². The highest BCUT2D eigenvalue weighted by atomic mass is 32.1. The number of nitrogens with two attached hydrogens (primary N) is 1. The number of hydrogen-bond acceptors (Lipinski definition) is 5. The van der Waals surface area contributed by atoms with Crippen molar-refractivity contribution in [3.63, 3.8) is 0 Å². The van der Waals surface area contributed by atoms with E-state index in [4.69, 9.17) is 5.73 Å². The van der Waals surface area contributed by atoms with Crippen LogP contribution in [0.1, 0.15) is 5.69 Å². The lowest BCUT2D eigenvalue weighted by Gasteiger charge is -1.96. The molecule has 2 rings (SSSR count). The first-order valence-electron chi connectivity index (χ1n) is 3.38. The molecule has 62 valence electrons. The van der Waals surface area contributed by atoms with Crippen LogP contribution in [0.25, 0.3) is 0 Å². The second kappa shape index (κ2) is 2.90. The third kappa shape index (κ3) is 1.28. The average Bonchev–Trinajstić information content (AvgIpc) is 2.65. The first kappa shape index (κ1) is 7.23. The molecule has 0 amide bonds. The second-order valence-corrected chi connectivity index (χ2v) is 3.10. The zero-order chi connectivity index (χ0) is 8.39. The van der Waals surface area contributed by atoms with E-state index in [2.05, 4.69) is 14.6 Å². The Balaban J connectivity index is 2.20. The first-order chi connectivity index (χ1) is 5.86. The van der Waals surface area contributed by atoms with Gasteiger partial charge in [-0.15, -0.1) is 5.10 Å². The molecule has 0 unspecified atom stereocenters. The molecule has 0 fully saturated rings. The molecule has 0 aromatic carbocycles. The van der Waals surface area contributed by atoms with E-state index < -0.39 is 0 Å². The van der Waals surface area contributed by atoms with Gasteiger partial charge in [0.25, 0.3) is 0 Å². The summed E-state index contributed by atoms with van der Waals surface area (Å²) in [5, 5.41) is 4.56. The zero-order valence-corrected chi connectivity index (χ0v) is 7.03. The van der Waals surface area contributed by atoms with E-state index in [-0.39, 0.29) is 0 Å². The summed E-state index contributed by atoms with van der Waals surface area (Å²) in [5.41, 5.74) is 6.42. The molecule has 2 aromatic rings. The van der Waals surface area contributed by atoms with Gasteiger partial charge in [0.2, 0.25) is 0 Å². The second-order valence-electron chi connectivity index (χ2n) is 2.32. The molecular weight excluding hydrogens is 174 g/mol. The van der Waals surface area contributed by atoms with Crippen LogP contribution in [0.3, 0.4) is 0 Å². The monoisotopic (exact) mass is 181 g/mol. The Hall–Kier alpha value is -1.43. The summed E-state index contributed by atoms with van der Waals surface area (Å²) >= 11 is 1.21. The van der Waals surface area contributed by atoms with E-state index in [9.17, 15) is 0 Å². The lowest BCUT2D eigenvalue weighted by Crippen LogP contribution is -1.99. The summed E-state index contributed by atoms with van der Waals surface area (Å²) in [6, 6.07) is 0. The molecule has 0 aliphatic carbocycles. The average molecular weight is 181 g/mol. The number of imidazole rings is 1. The van der Waals surface area contributed by atoms with Crippen LogP contribution in [-0.4, -0.2) is 19.1 Å². The number of nitrogens with zero attached hydrogens (tertiary/aromatic N) is 4. The molecule has 0 aliphatic rings. The Morgan fingerprint density at radius 1 is 1.58 bits per heavy atom. The molecule has 0 saturated carbocycles. The van der Waals surface area contributed by atoms with Crippen molar-refractivity contribution < 1.29 is 0 Å². The zero-order valence-electron chi connectivity index (χ0n) is 6.21. The Morgan fingerprint density at radius 2 is 2.50 bits per heavy atom. The fourth-order valence-electron chi connectivity index (χ4n) is 0.878. The van der Waals surface area contributed by atoms with Crippen molar-refractivity contribution in [1.29, 1.82) is 0 Å².